The van der Waals surface area contributed by atoms with Crippen LogP contribution in [0.5, 0.6) is 0 Å². The van der Waals surface area contributed by atoms with Crippen molar-refractivity contribution in [3.63, 3.8) is 0 Å². The summed E-state index contributed by atoms with van der Waals surface area (Å²) in [5, 5.41) is 4.52. The number of nitrogens with two attached hydrogens (primary N) is 1. The molecule has 4 heterocycles. The van der Waals surface area contributed by atoms with E-state index in [0.717, 1.165) is 64.8 Å². The van der Waals surface area contributed by atoms with E-state index in [2.05, 4.69) is 82.7 Å². The Bertz CT molecular complexity index is 1560. The van der Waals surface area contributed by atoms with Crippen LogP contribution in [-0.4, -0.2) is 15.1 Å². The van der Waals surface area contributed by atoms with Gasteiger partial charge < -0.3 is 5.73 Å². The molecule has 3 N–H and O–H groups in total. The first-order valence-corrected chi connectivity index (χ1v) is 13.0. The predicted octanol–water partition coefficient (Wildman–Crippen LogP) is 5.92. The molecule has 2 aliphatic rings. The molecule has 0 radical (unpaired) electrons. The lowest BCUT2D eigenvalue weighted by atomic mass is 9.72. The molecule has 3 aromatic heterocycles. The fraction of sp³-hybridized carbons (Fsp3) is 0.258. The van der Waals surface area contributed by atoms with E-state index in [9.17, 15) is 0 Å². The van der Waals surface area contributed by atoms with Crippen LogP contribution in [-0.2, 0) is 18.5 Å². The van der Waals surface area contributed by atoms with Crippen LogP contribution >= 0.6 is 0 Å². The molecular formula is C31H30N5+. The summed E-state index contributed by atoms with van der Waals surface area (Å²) < 4.78 is 2.26. The van der Waals surface area contributed by atoms with Crippen LogP contribution < -0.4 is 10.4 Å². The summed E-state index contributed by atoms with van der Waals surface area (Å²) in [6, 6.07) is 23.7. The van der Waals surface area contributed by atoms with E-state index in [1.807, 2.05) is 6.20 Å². The molecule has 0 atom stereocenters. The predicted molar refractivity (Wildman–Crippen MR) is 143 cm³/mol. The average molecular weight is 473 g/mol. The molecule has 0 spiro atoms. The van der Waals surface area contributed by atoms with Crippen molar-refractivity contribution >= 4 is 10.9 Å². The third kappa shape index (κ3) is 3.54. The fourth-order valence-corrected chi connectivity index (χ4v) is 5.79. The standard InChI is InChI=1S/C31H29N5/c32-31(14-6-15-31)24-12-10-22(11-13-24)30-25(21-7-2-1-3-8-21)17-23-18-27(33-20-28(23)35-30)26-19-34-36-16-5-4-9-29(26)36/h1-3,7-8,10-13,17-20H,4-6,9,14-16,32H2/p+1. The van der Waals surface area contributed by atoms with E-state index >= 15 is 0 Å². The summed E-state index contributed by atoms with van der Waals surface area (Å²) >= 11 is 0. The number of aryl methyl sites for hydroxylation is 1. The highest BCUT2D eigenvalue weighted by Gasteiger charge is 2.34. The molecule has 178 valence electrons. The summed E-state index contributed by atoms with van der Waals surface area (Å²) in [7, 11) is 0. The molecule has 7 rings (SSSR count). The molecular weight excluding hydrogens is 442 g/mol. The molecule has 1 aliphatic heterocycles. The number of pyridine rings is 2. The van der Waals surface area contributed by atoms with Crippen molar-refractivity contribution in [1.29, 1.82) is 0 Å². The van der Waals surface area contributed by atoms with Crippen molar-refractivity contribution in [2.45, 2.75) is 50.6 Å². The van der Waals surface area contributed by atoms with Crippen LogP contribution in [0.1, 0.15) is 43.4 Å². The van der Waals surface area contributed by atoms with Gasteiger partial charge in [-0.25, -0.2) is 4.98 Å². The first kappa shape index (κ1) is 21.5. The second-order valence-electron chi connectivity index (χ2n) is 10.3. The zero-order chi connectivity index (χ0) is 24.1. The lowest BCUT2D eigenvalue weighted by Gasteiger charge is -2.38. The van der Waals surface area contributed by atoms with Gasteiger partial charge in [-0.3, -0.25) is 4.98 Å². The topological polar surface area (TPSA) is 71.5 Å². The van der Waals surface area contributed by atoms with E-state index in [1.165, 1.54) is 36.1 Å². The maximum Gasteiger partial charge on any atom is 0.217 e. The van der Waals surface area contributed by atoms with Crippen molar-refractivity contribution < 1.29 is 4.68 Å². The fourth-order valence-electron chi connectivity index (χ4n) is 5.79. The number of hydrogen-bond donors (Lipinski definition) is 2. The highest BCUT2D eigenvalue weighted by Crippen LogP contribution is 2.40. The lowest BCUT2D eigenvalue weighted by molar-refractivity contribution is -0.760. The Kier molecular flexibility index (Phi) is 5.00. The number of nitrogens with zero attached hydrogens (tertiary/aromatic N) is 3. The van der Waals surface area contributed by atoms with E-state index in [1.54, 1.807) is 0 Å². The van der Waals surface area contributed by atoms with Crippen LogP contribution in [0.25, 0.3) is 44.5 Å². The minimum atomic E-state index is -0.159. The number of H-pyrrole nitrogens is 1. The van der Waals surface area contributed by atoms with Gasteiger partial charge in [0.05, 0.1) is 34.9 Å². The van der Waals surface area contributed by atoms with Crippen molar-refractivity contribution in [2.75, 3.05) is 0 Å². The molecule has 36 heavy (non-hydrogen) atoms. The van der Waals surface area contributed by atoms with Crippen molar-refractivity contribution in [1.82, 2.24) is 15.1 Å². The second-order valence-corrected chi connectivity index (χ2v) is 10.3. The lowest BCUT2D eigenvalue weighted by Crippen LogP contribution is -2.43. The smallest absolute Gasteiger partial charge is 0.217 e. The third-order valence-electron chi connectivity index (χ3n) is 8.09. The van der Waals surface area contributed by atoms with Gasteiger partial charge in [-0.05, 0) is 48.9 Å². The van der Waals surface area contributed by atoms with Gasteiger partial charge in [0.2, 0.25) is 5.69 Å². The highest BCUT2D eigenvalue weighted by atomic mass is 15.3. The molecule has 0 bridgehead atoms. The van der Waals surface area contributed by atoms with Gasteiger partial charge in [0.1, 0.15) is 0 Å². The summed E-state index contributed by atoms with van der Waals surface area (Å²) in [6.07, 6.45) is 10.9. The Labute approximate surface area is 211 Å². The SMILES string of the molecule is NC1(c2ccc(-c3nc4cnc(-c5c[nH][n+]6c5CCCC6)cc4cc3-c3ccccc3)cc2)CCC1. The normalized spacial score (nSPS) is 16.5. The number of aromatic amines is 1. The van der Waals surface area contributed by atoms with Gasteiger partial charge >= 0.3 is 0 Å². The maximum atomic E-state index is 6.58. The highest BCUT2D eigenvalue weighted by molar-refractivity contribution is 5.92. The Hall–Kier alpha value is -3.83. The van der Waals surface area contributed by atoms with Gasteiger partial charge in [-0.1, -0.05) is 54.6 Å². The molecule has 1 saturated carbocycles. The van der Waals surface area contributed by atoms with E-state index in [-0.39, 0.29) is 5.54 Å². The van der Waals surface area contributed by atoms with Gasteiger partial charge in [-0.2, -0.15) is 5.10 Å². The van der Waals surface area contributed by atoms with E-state index in [0.29, 0.717) is 0 Å². The van der Waals surface area contributed by atoms with Gasteiger partial charge in [0.15, 0.2) is 6.54 Å². The molecule has 0 amide bonds. The van der Waals surface area contributed by atoms with Gasteiger partial charge in [0, 0.05) is 34.9 Å². The maximum absolute atomic E-state index is 6.58. The number of rotatable bonds is 4. The summed E-state index contributed by atoms with van der Waals surface area (Å²) in [5.41, 5.74) is 16.5. The van der Waals surface area contributed by atoms with E-state index < -0.39 is 0 Å². The number of aromatic nitrogens is 4. The largest absolute Gasteiger partial charge is 0.321 e. The molecule has 2 aromatic carbocycles. The Morgan fingerprint density at radius 2 is 1.69 bits per heavy atom. The summed E-state index contributed by atoms with van der Waals surface area (Å²) in [6.45, 7) is 1.05. The number of nitrogens with one attached hydrogen (secondary N) is 1. The zero-order valence-electron chi connectivity index (χ0n) is 20.4. The van der Waals surface area contributed by atoms with Crippen LogP contribution in [0.4, 0.5) is 0 Å². The molecule has 5 aromatic rings. The minimum absolute atomic E-state index is 0.159. The van der Waals surface area contributed by atoms with Gasteiger partial charge in [0.25, 0.3) is 0 Å². The van der Waals surface area contributed by atoms with E-state index in [4.69, 9.17) is 15.7 Å². The Morgan fingerprint density at radius 3 is 2.47 bits per heavy atom. The molecule has 1 aliphatic carbocycles. The van der Waals surface area contributed by atoms with Crippen LogP contribution in [0.15, 0.2) is 79.1 Å². The molecule has 0 saturated heterocycles. The first-order chi connectivity index (χ1) is 17.7. The monoisotopic (exact) mass is 472 g/mol. The minimum Gasteiger partial charge on any atom is -0.321 e. The quantitative estimate of drug-likeness (QED) is 0.319. The Morgan fingerprint density at radius 1 is 0.861 bits per heavy atom. The number of benzene rings is 2. The summed E-state index contributed by atoms with van der Waals surface area (Å²) in [5.74, 6) is 0. The molecule has 5 nitrogen and oxygen atoms in total. The zero-order valence-corrected chi connectivity index (χ0v) is 20.4. The van der Waals surface area contributed by atoms with Crippen molar-refractivity contribution in [3.05, 3.63) is 90.4 Å². The molecule has 1 fully saturated rings. The summed E-state index contributed by atoms with van der Waals surface area (Å²) in [4.78, 5) is 10.00. The number of fused-ring (bicyclic) bond motifs is 2. The molecule has 0 unspecified atom stereocenters. The number of hydrogen-bond acceptors (Lipinski definition) is 3. The Balaban J connectivity index is 1.36. The third-order valence-corrected chi connectivity index (χ3v) is 8.09. The van der Waals surface area contributed by atoms with Crippen molar-refractivity contribution in [3.8, 4) is 33.6 Å². The van der Waals surface area contributed by atoms with Gasteiger partial charge in [-0.15, -0.1) is 4.68 Å². The average Bonchev–Trinajstić information content (AvgIpc) is 3.35. The first-order valence-electron chi connectivity index (χ1n) is 13.0. The van der Waals surface area contributed by atoms with Crippen LogP contribution in [0.3, 0.4) is 0 Å². The van der Waals surface area contributed by atoms with Crippen molar-refractivity contribution in [2.24, 2.45) is 5.73 Å². The van der Waals surface area contributed by atoms with Crippen LogP contribution in [0.2, 0.25) is 0 Å². The van der Waals surface area contributed by atoms with Crippen LogP contribution in [0, 0.1) is 0 Å². The second kappa shape index (κ2) is 8.38. The molecule has 5 heteroatoms.